The van der Waals surface area contributed by atoms with Gasteiger partial charge in [0.2, 0.25) is 0 Å². The predicted molar refractivity (Wildman–Crippen MR) is 110 cm³/mol. The van der Waals surface area contributed by atoms with E-state index in [-0.39, 0.29) is 5.69 Å². The SMILES string of the molecule is O=C(Nc1ccc(C(F)(F)F)cc1)c1ccn2ncc(-c3cnc4[nH]ccc4c3)c2c1. The number of nitrogens with zero attached hydrogens (tertiary/aromatic N) is 3. The summed E-state index contributed by atoms with van der Waals surface area (Å²) in [6, 6.07) is 11.5. The lowest BCUT2D eigenvalue weighted by molar-refractivity contribution is -0.137. The van der Waals surface area contributed by atoms with Gasteiger partial charge in [-0.25, -0.2) is 9.50 Å². The number of carbonyl (C=O) groups is 1. The van der Waals surface area contributed by atoms with Crippen LogP contribution in [0.4, 0.5) is 18.9 Å². The van der Waals surface area contributed by atoms with Crippen molar-refractivity contribution in [3.63, 3.8) is 0 Å². The highest BCUT2D eigenvalue weighted by atomic mass is 19.4. The molecule has 5 rings (SSSR count). The zero-order chi connectivity index (χ0) is 21.6. The van der Waals surface area contributed by atoms with E-state index < -0.39 is 17.6 Å². The van der Waals surface area contributed by atoms with E-state index in [4.69, 9.17) is 0 Å². The lowest BCUT2D eigenvalue weighted by Gasteiger charge is -2.09. The summed E-state index contributed by atoms with van der Waals surface area (Å²) in [7, 11) is 0. The van der Waals surface area contributed by atoms with Crippen molar-refractivity contribution in [2.24, 2.45) is 0 Å². The molecule has 0 radical (unpaired) electrons. The number of fused-ring (bicyclic) bond motifs is 2. The van der Waals surface area contributed by atoms with Crippen molar-refractivity contribution >= 4 is 28.1 Å². The topological polar surface area (TPSA) is 75.1 Å². The predicted octanol–water partition coefficient (Wildman–Crippen LogP) is 5.15. The summed E-state index contributed by atoms with van der Waals surface area (Å²) < 4.78 is 39.8. The third-order valence-corrected chi connectivity index (χ3v) is 4.96. The fourth-order valence-electron chi connectivity index (χ4n) is 3.38. The standard InChI is InChI=1S/C22H14F3N5O/c23-22(24,25)16-1-3-17(4-2-16)29-21(31)14-6-8-30-19(10-14)18(12-28-30)15-9-13-5-7-26-20(13)27-11-15/h1-12H,(H,26,27)(H,29,31). The Balaban J connectivity index is 1.45. The Kier molecular flexibility index (Phi) is 4.25. The Morgan fingerprint density at radius 1 is 1.03 bits per heavy atom. The minimum Gasteiger partial charge on any atom is -0.346 e. The van der Waals surface area contributed by atoms with Crippen molar-refractivity contribution < 1.29 is 18.0 Å². The van der Waals surface area contributed by atoms with Gasteiger partial charge < -0.3 is 10.3 Å². The van der Waals surface area contributed by atoms with Crippen LogP contribution in [-0.4, -0.2) is 25.5 Å². The average Bonchev–Trinajstić information content (AvgIpc) is 3.39. The molecule has 0 bridgehead atoms. The highest BCUT2D eigenvalue weighted by molar-refractivity contribution is 6.05. The van der Waals surface area contributed by atoms with Gasteiger partial charge in [-0.05, 0) is 48.5 Å². The number of hydrogen-bond acceptors (Lipinski definition) is 3. The number of aromatic amines is 1. The van der Waals surface area contributed by atoms with Crippen molar-refractivity contribution in [2.45, 2.75) is 6.18 Å². The van der Waals surface area contributed by atoms with E-state index in [9.17, 15) is 18.0 Å². The summed E-state index contributed by atoms with van der Waals surface area (Å²) in [6.45, 7) is 0. The van der Waals surface area contributed by atoms with Gasteiger partial charge in [-0.3, -0.25) is 4.79 Å². The molecule has 0 unspecified atom stereocenters. The van der Waals surface area contributed by atoms with Crippen LogP contribution in [0, 0.1) is 0 Å². The van der Waals surface area contributed by atoms with Gasteiger partial charge in [-0.2, -0.15) is 18.3 Å². The molecule has 31 heavy (non-hydrogen) atoms. The van der Waals surface area contributed by atoms with E-state index in [1.165, 1.54) is 12.1 Å². The zero-order valence-corrected chi connectivity index (χ0v) is 15.8. The number of carbonyl (C=O) groups excluding carboxylic acids is 1. The molecule has 0 aliphatic carbocycles. The first-order valence-electron chi connectivity index (χ1n) is 9.28. The Bertz CT molecular complexity index is 1420. The number of anilines is 1. The van der Waals surface area contributed by atoms with Crippen LogP contribution in [0.5, 0.6) is 0 Å². The number of amides is 1. The largest absolute Gasteiger partial charge is 0.416 e. The monoisotopic (exact) mass is 421 g/mol. The second kappa shape index (κ2) is 6.98. The van der Waals surface area contributed by atoms with E-state index >= 15 is 0 Å². The van der Waals surface area contributed by atoms with Crippen LogP contribution in [-0.2, 0) is 6.18 Å². The van der Waals surface area contributed by atoms with Crippen molar-refractivity contribution in [1.82, 2.24) is 19.6 Å². The van der Waals surface area contributed by atoms with Crippen LogP contribution in [0.3, 0.4) is 0 Å². The number of alkyl halides is 3. The van der Waals surface area contributed by atoms with Gasteiger partial charge in [-0.15, -0.1) is 0 Å². The molecule has 0 fully saturated rings. The average molecular weight is 421 g/mol. The van der Waals surface area contributed by atoms with Gasteiger partial charge in [0.05, 0.1) is 17.3 Å². The lowest BCUT2D eigenvalue weighted by Crippen LogP contribution is -2.12. The molecule has 0 saturated heterocycles. The van der Waals surface area contributed by atoms with Gasteiger partial charge in [0, 0.05) is 46.4 Å². The third-order valence-electron chi connectivity index (χ3n) is 4.96. The lowest BCUT2D eigenvalue weighted by atomic mass is 10.1. The minimum absolute atomic E-state index is 0.272. The summed E-state index contributed by atoms with van der Waals surface area (Å²) in [4.78, 5) is 20.1. The molecule has 0 aliphatic rings. The number of benzene rings is 1. The van der Waals surface area contributed by atoms with E-state index in [1.807, 2.05) is 12.1 Å². The summed E-state index contributed by atoms with van der Waals surface area (Å²) in [5.74, 6) is -0.436. The molecule has 9 heteroatoms. The van der Waals surface area contributed by atoms with E-state index in [0.717, 1.165) is 34.3 Å². The molecule has 4 aromatic heterocycles. The van der Waals surface area contributed by atoms with Gasteiger partial charge in [0.1, 0.15) is 5.65 Å². The maximum atomic E-state index is 12.7. The summed E-state index contributed by atoms with van der Waals surface area (Å²) in [6.07, 6.45) is 2.46. The number of nitrogens with one attached hydrogen (secondary N) is 2. The van der Waals surface area contributed by atoms with E-state index in [1.54, 1.807) is 41.4 Å². The van der Waals surface area contributed by atoms with Crippen LogP contribution in [0.1, 0.15) is 15.9 Å². The molecular formula is C22H14F3N5O. The van der Waals surface area contributed by atoms with Crippen molar-refractivity contribution in [3.05, 3.63) is 84.4 Å². The first-order chi connectivity index (χ1) is 14.9. The van der Waals surface area contributed by atoms with Crippen LogP contribution in [0.25, 0.3) is 27.7 Å². The van der Waals surface area contributed by atoms with Crippen molar-refractivity contribution in [2.75, 3.05) is 5.32 Å². The number of hydrogen-bond donors (Lipinski definition) is 2. The molecule has 0 atom stereocenters. The fourth-order valence-corrected chi connectivity index (χ4v) is 3.38. The maximum absolute atomic E-state index is 12.7. The molecule has 0 saturated carbocycles. The quantitative estimate of drug-likeness (QED) is 0.423. The summed E-state index contributed by atoms with van der Waals surface area (Å²) in [5, 5.41) is 7.90. The first kappa shape index (κ1) is 18.9. The molecular weight excluding hydrogens is 407 g/mol. The number of rotatable bonds is 3. The maximum Gasteiger partial charge on any atom is 0.416 e. The Hall–Kier alpha value is -4.14. The number of aromatic nitrogens is 4. The second-order valence-electron chi connectivity index (χ2n) is 6.97. The molecule has 1 aromatic carbocycles. The molecule has 6 nitrogen and oxygen atoms in total. The summed E-state index contributed by atoms with van der Waals surface area (Å²) in [5.41, 5.74) is 2.98. The van der Waals surface area contributed by atoms with Gasteiger partial charge in [-0.1, -0.05) is 0 Å². The number of pyridine rings is 2. The Morgan fingerprint density at radius 2 is 1.84 bits per heavy atom. The van der Waals surface area contributed by atoms with Gasteiger partial charge in [0.15, 0.2) is 0 Å². The van der Waals surface area contributed by atoms with E-state index in [0.29, 0.717) is 11.1 Å². The Morgan fingerprint density at radius 3 is 2.61 bits per heavy atom. The molecule has 5 aromatic rings. The smallest absolute Gasteiger partial charge is 0.346 e. The molecule has 1 amide bonds. The normalized spacial score (nSPS) is 11.8. The zero-order valence-electron chi connectivity index (χ0n) is 15.8. The third kappa shape index (κ3) is 3.50. The van der Waals surface area contributed by atoms with E-state index in [2.05, 4.69) is 20.4 Å². The first-order valence-corrected chi connectivity index (χ1v) is 9.28. The number of halogens is 3. The van der Waals surface area contributed by atoms with Gasteiger partial charge in [0.25, 0.3) is 5.91 Å². The molecule has 4 heterocycles. The fraction of sp³-hybridized carbons (Fsp3) is 0.0455. The second-order valence-corrected chi connectivity index (χ2v) is 6.97. The molecule has 2 N–H and O–H groups in total. The van der Waals surface area contributed by atoms with Crippen LogP contribution in [0.15, 0.2) is 73.3 Å². The highest BCUT2D eigenvalue weighted by Gasteiger charge is 2.30. The summed E-state index contributed by atoms with van der Waals surface area (Å²) >= 11 is 0. The number of H-pyrrole nitrogens is 1. The van der Waals surface area contributed by atoms with Gasteiger partial charge >= 0.3 is 6.18 Å². The molecule has 0 spiro atoms. The van der Waals surface area contributed by atoms with Crippen molar-refractivity contribution in [3.8, 4) is 11.1 Å². The van der Waals surface area contributed by atoms with Crippen LogP contribution >= 0.6 is 0 Å². The Labute approximate surface area is 173 Å². The van der Waals surface area contributed by atoms with Crippen molar-refractivity contribution in [1.29, 1.82) is 0 Å². The minimum atomic E-state index is -4.43. The molecule has 154 valence electrons. The van der Waals surface area contributed by atoms with Crippen LogP contribution in [0.2, 0.25) is 0 Å². The molecule has 0 aliphatic heterocycles. The highest BCUT2D eigenvalue weighted by Crippen LogP contribution is 2.30. The van der Waals surface area contributed by atoms with Crippen LogP contribution < -0.4 is 5.32 Å².